The predicted octanol–water partition coefficient (Wildman–Crippen LogP) is 0.846. The van der Waals surface area contributed by atoms with Crippen LogP contribution in [0.1, 0.15) is 0 Å². The Labute approximate surface area is 48.4 Å². The minimum Gasteiger partial charge on any atom is -0.353 e. The second-order valence-electron chi connectivity index (χ2n) is 0.934. The van der Waals surface area contributed by atoms with E-state index in [1.807, 2.05) is 0 Å². The fourth-order valence-electron chi connectivity index (χ4n) is 0.295. The topological polar surface area (TPSA) is 18.5 Å². The summed E-state index contributed by atoms with van der Waals surface area (Å²) in [6.07, 6.45) is 1.47. The van der Waals surface area contributed by atoms with Crippen molar-refractivity contribution in [3.63, 3.8) is 0 Å². The standard InChI is InChI=1S/C3H6O2.CH3Cl/c1-2-5-3-4-1;1-2/h1-3H2;1H3. The summed E-state index contributed by atoms with van der Waals surface area (Å²) < 4.78 is 9.44. The molecule has 3 heteroatoms. The molecule has 0 aromatic heterocycles. The lowest BCUT2D eigenvalue weighted by Gasteiger charge is -1.76. The van der Waals surface area contributed by atoms with E-state index in [0.29, 0.717) is 6.79 Å². The van der Waals surface area contributed by atoms with Gasteiger partial charge in [-0.05, 0) is 0 Å². The third-order valence-corrected chi connectivity index (χ3v) is 0.539. The van der Waals surface area contributed by atoms with Crippen molar-refractivity contribution in [2.75, 3.05) is 26.4 Å². The van der Waals surface area contributed by atoms with Crippen LogP contribution >= 0.6 is 11.6 Å². The highest BCUT2D eigenvalue weighted by molar-refractivity contribution is 6.15. The molecule has 1 aliphatic heterocycles. The molecule has 0 bridgehead atoms. The maximum atomic E-state index is 4.72. The Kier molecular flexibility index (Phi) is 6.40. The van der Waals surface area contributed by atoms with E-state index < -0.39 is 0 Å². The minimum absolute atomic E-state index is 0.500. The summed E-state index contributed by atoms with van der Waals surface area (Å²) in [5.41, 5.74) is 0. The zero-order chi connectivity index (χ0) is 5.54. The molecular formula is C4H9ClO2. The third-order valence-electron chi connectivity index (χ3n) is 0.539. The highest BCUT2D eigenvalue weighted by Gasteiger charge is 1.93. The Hall–Kier alpha value is 0.210. The van der Waals surface area contributed by atoms with Crippen molar-refractivity contribution in [2.45, 2.75) is 0 Å². The number of hydrogen-bond donors (Lipinski definition) is 0. The van der Waals surface area contributed by atoms with Gasteiger partial charge in [-0.3, -0.25) is 0 Å². The quantitative estimate of drug-likeness (QED) is 0.446. The third kappa shape index (κ3) is 4.05. The van der Waals surface area contributed by atoms with Gasteiger partial charge in [0.25, 0.3) is 0 Å². The highest BCUT2D eigenvalue weighted by Crippen LogP contribution is 1.85. The summed E-state index contributed by atoms with van der Waals surface area (Å²) in [6, 6.07) is 0. The van der Waals surface area contributed by atoms with Crippen LogP contribution in [0, 0.1) is 0 Å². The molecule has 1 fully saturated rings. The summed E-state index contributed by atoms with van der Waals surface area (Å²) >= 11 is 4.64. The molecule has 0 N–H and O–H groups in total. The Bertz CT molecular complexity index is 21.3. The molecular weight excluding hydrogens is 115 g/mol. The van der Waals surface area contributed by atoms with Crippen molar-refractivity contribution in [1.82, 2.24) is 0 Å². The molecule has 0 atom stereocenters. The second-order valence-corrected chi connectivity index (χ2v) is 0.934. The largest absolute Gasteiger partial charge is 0.353 e. The lowest BCUT2D eigenvalue weighted by molar-refractivity contribution is 0.0692. The predicted molar refractivity (Wildman–Crippen MR) is 28.5 cm³/mol. The summed E-state index contributed by atoms with van der Waals surface area (Å²) in [6.45, 7) is 2.06. The number of halogens is 1. The fourth-order valence-corrected chi connectivity index (χ4v) is 0.295. The van der Waals surface area contributed by atoms with Gasteiger partial charge in [0.15, 0.2) is 0 Å². The van der Waals surface area contributed by atoms with Crippen LogP contribution in [0.2, 0.25) is 0 Å². The van der Waals surface area contributed by atoms with E-state index in [0.717, 1.165) is 13.2 Å². The van der Waals surface area contributed by atoms with Crippen molar-refractivity contribution >= 4 is 11.6 Å². The molecule has 1 aliphatic rings. The van der Waals surface area contributed by atoms with Crippen molar-refractivity contribution < 1.29 is 9.47 Å². The molecule has 1 heterocycles. The van der Waals surface area contributed by atoms with E-state index >= 15 is 0 Å². The van der Waals surface area contributed by atoms with Crippen molar-refractivity contribution in [3.8, 4) is 0 Å². The average Bonchev–Trinajstić information content (AvgIpc) is 2.23. The lowest BCUT2D eigenvalue weighted by atomic mass is 10.8. The fraction of sp³-hybridized carbons (Fsp3) is 1.00. The smallest absolute Gasteiger partial charge is 0.146 e. The first-order valence-electron chi connectivity index (χ1n) is 2.03. The van der Waals surface area contributed by atoms with Gasteiger partial charge in [0.2, 0.25) is 0 Å². The Morgan fingerprint density at radius 1 is 1.14 bits per heavy atom. The van der Waals surface area contributed by atoms with Crippen LogP contribution in [0.5, 0.6) is 0 Å². The van der Waals surface area contributed by atoms with Crippen molar-refractivity contribution in [3.05, 3.63) is 0 Å². The molecule has 7 heavy (non-hydrogen) atoms. The van der Waals surface area contributed by atoms with Gasteiger partial charge in [-0.25, -0.2) is 0 Å². The van der Waals surface area contributed by atoms with E-state index in [2.05, 4.69) is 11.6 Å². The van der Waals surface area contributed by atoms with Crippen LogP contribution in [0.25, 0.3) is 0 Å². The molecule has 0 spiro atoms. The Morgan fingerprint density at radius 2 is 1.57 bits per heavy atom. The number of hydrogen-bond acceptors (Lipinski definition) is 2. The summed E-state index contributed by atoms with van der Waals surface area (Å²) in [4.78, 5) is 0. The van der Waals surface area contributed by atoms with E-state index in [1.54, 1.807) is 0 Å². The average molecular weight is 125 g/mol. The van der Waals surface area contributed by atoms with Crippen molar-refractivity contribution in [2.24, 2.45) is 0 Å². The van der Waals surface area contributed by atoms with Gasteiger partial charge in [0, 0.05) is 6.38 Å². The summed E-state index contributed by atoms with van der Waals surface area (Å²) in [5.74, 6) is 0. The van der Waals surface area contributed by atoms with Gasteiger partial charge in [0.05, 0.1) is 13.2 Å². The van der Waals surface area contributed by atoms with Gasteiger partial charge in [0.1, 0.15) is 6.79 Å². The molecule has 1 rings (SSSR count). The summed E-state index contributed by atoms with van der Waals surface area (Å²) in [7, 11) is 0. The van der Waals surface area contributed by atoms with Gasteiger partial charge in [-0.15, -0.1) is 11.6 Å². The van der Waals surface area contributed by atoms with E-state index in [9.17, 15) is 0 Å². The molecule has 0 aliphatic carbocycles. The van der Waals surface area contributed by atoms with Crippen LogP contribution in [0.3, 0.4) is 0 Å². The zero-order valence-electron chi connectivity index (χ0n) is 4.32. The maximum absolute atomic E-state index is 4.72. The van der Waals surface area contributed by atoms with Crippen LogP contribution in [-0.4, -0.2) is 26.4 Å². The van der Waals surface area contributed by atoms with Gasteiger partial charge in [-0.2, -0.15) is 0 Å². The van der Waals surface area contributed by atoms with Crippen LogP contribution in [0.4, 0.5) is 0 Å². The van der Waals surface area contributed by atoms with E-state index in [4.69, 9.17) is 9.47 Å². The summed E-state index contributed by atoms with van der Waals surface area (Å²) in [5, 5.41) is 0. The lowest BCUT2D eigenvalue weighted by Crippen LogP contribution is -1.79. The number of alkyl halides is 1. The van der Waals surface area contributed by atoms with Crippen LogP contribution in [-0.2, 0) is 9.47 Å². The van der Waals surface area contributed by atoms with Gasteiger partial charge >= 0.3 is 0 Å². The first-order chi connectivity index (χ1) is 3.50. The van der Waals surface area contributed by atoms with Crippen LogP contribution in [0.15, 0.2) is 0 Å². The SMILES string of the molecule is C1COCO1.CCl. The first kappa shape index (κ1) is 7.21. The maximum Gasteiger partial charge on any atom is 0.146 e. The first-order valence-corrected chi connectivity index (χ1v) is 2.79. The van der Waals surface area contributed by atoms with Crippen molar-refractivity contribution in [1.29, 1.82) is 0 Å². The molecule has 0 unspecified atom stereocenters. The molecule has 0 aromatic rings. The molecule has 0 saturated carbocycles. The monoisotopic (exact) mass is 124 g/mol. The number of rotatable bonds is 0. The normalized spacial score (nSPS) is 18.0. The van der Waals surface area contributed by atoms with E-state index in [-0.39, 0.29) is 0 Å². The zero-order valence-corrected chi connectivity index (χ0v) is 5.07. The molecule has 44 valence electrons. The number of ether oxygens (including phenoxy) is 2. The second kappa shape index (κ2) is 6.21. The van der Waals surface area contributed by atoms with Gasteiger partial charge < -0.3 is 9.47 Å². The Balaban J connectivity index is 0.000000162. The molecule has 0 radical (unpaired) electrons. The minimum atomic E-state index is 0.500. The van der Waals surface area contributed by atoms with E-state index in [1.165, 1.54) is 6.38 Å². The molecule has 0 amide bonds. The van der Waals surface area contributed by atoms with Gasteiger partial charge in [-0.1, -0.05) is 0 Å². The Morgan fingerprint density at radius 3 is 1.71 bits per heavy atom. The van der Waals surface area contributed by atoms with Crippen LogP contribution < -0.4 is 0 Å². The molecule has 1 saturated heterocycles. The molecule has 2 nitrogen and oxygen atoms in total. The highest BCUT2D eigenvalue weighted by atomic mass is 35.5. The molecule has 0 aromatic carbocycles.